The molecule has 1 aromatic carbocycles. The standard InChI is InChI=1S/C19H19N3O2S2/c1-13(23)20-10-14-2-5-16(6-3-14)17-12-26-19(21-17)22-18(24)7-4-15-8-9-25-11-15/h2-3,5-6,8-9,11-12H,4,7,10H2,1H3,(H,20,23)(H,21,22,24). The minimum absolute atomic E-state index is 0.0252. The molecule has 7 heteroatoms. The molecule has 0 saturated carbocycles. The molecule has 134 valence electrons. The summed E-state index contributed by atoms with van der Waals surface area (Å²) in [5, 5.41) is 12.2. The average Bonchev–Trinajstić information content (AvgIpc) is 3.30. The maximum Gasteiger partial charge on any atom is 0.226 e. The zero-order valence-corrected chi connectivity index (χ0v) is 16.0. The van der Waals surface area contributed by atoms with Crippen LogP contribution < -0.4 is 10.6 Å². The number of aromatic nitrogens is 1. The van der Waals surface area contributed by atoms with Crippen LogP contribution in [0.15, 0.2) is 46.5 Å². The summed E-state index contributed by atoms with van der Waals surface area (Å²) in [5.41, 5.74) is 4.02. The zero-order valence-electron chi connectivity index (χ0n) is 14.3. The van der Waals surface area contributed by atoms with E-state index in [1.165, 1.54) is 23.8 Å². The Morgan fingerprint density at radius 2 is 1.88 bits per heavy atom. The predicted octanol–water partition coefficient (Wildman–Crippen LogP) is 4.08. The third kappa shape index (κ3) is 5.24. The minimum Gasteiger partial charge on any atom is -0.352 e. The Labute approximate surface area is 160 Å². The summed E-state index contributed by atoms with van der Waals surface area (Å²) in [4.78, 5) is 27.5. The number of thiophene rings is 1. The van der Waals surface area contributed by atoms with Gasteiger partial charge in [0, 0.05) is 30.8 Å². The third-order valence-corrected chi connectivity index (χ3v) is 5.25. The zero-order chi connectivity index (χ0) is 18.4. The monoisotopic (exact) mass is 385 g/mol. The van der Waals surface area contributed by atoms with E-state index in [0.29, 0.717) is 18.1 Å². The lowest BCUT2D eigenvalue weighted by Gasteiger charge is -2.03. The maximum absolute atomic E-state index is 12.0. The number of hydrogen-bond donors (Lipinski definition) is 2. The SMILES string of the molecule is CC(=O)NCc1ccc(-c2csc(NC(=O)CCc3ccsc3)n2)cc1. The van der Waals surface area contributed by atoms with Crippen molar-refractivity contribution < 1.29 is 9.59 Å². The topological polar surface area (TPSA) is 71.1 Å². The maximum atomic E-state index is 12.0. The van der Waals surface area contributed by atoms with Gasteiger partial charge in [-0.2, -0.15) is 11.3 Å². The lowest BCUT2D eigenvalue weighted by atomic mass is 10.1. The summed E-state index contributed by atoms with van der Waals surface area (Å²) in [6.07, 6.45) is 1.19. The number of carbonyl (C=O) groups is 2. The molecule has 26 heavy (non-hydrogen) atoms. The van der Waals surface area contributed by atoms with Crippen molar-refractivity contribution in [3.63, 3.8) is 0 Å². The van der Waals surface area contributed by atoms with Crippen molar-refractivity contribution in [1.82, 2.24) is 10.3 Å². The molecule has 0 bridgehead atoms. The Hall–Kier alpha value is -2.51. The predicted molar refractivity (Wildman–Crippen MR) is 106 cm³/mol. The first-order valence-corrected chi connectivity index (χ1v) is 10.0. The molecule has 0 aliphatic heterocycles. The number of thiazole rings is 1. The van der Waals surface area contributed by atoms with Crippen molar-refractivity contribution in [2.45, 2.75) is 26.3 Å². The first kappa shape index (κ1) is 18.3. The Bertz CT molecular complexity index is 871. The lowest BCUT2D eigenvalue weighted by Crippen LogP contribution is -2.18. The number of aryl methyl sites for hydroxylation is 1. The van der Waals surface area contributed by atoms with Crippen LogP contribution in [0, 0.1) is 0 Å². The van der Waals surface area contributed by atoms with Gasteiger partial charge in [0.05, 0.1) is 5.69 Å². The molecule has 2 N–H and O–H groups in total. The van der Waals surface area contributed by atoms with Crippen LogP contribution in [0.4, 0.5) is 5.13 Å². The molecule has 0 aliphatic carbocycles. The molecule has 0 unspecified atom stereocenters. The van der Waals surface area contributed by atoms with Gasteiger partial charge in [-0.25, -0.2) is 4.98 Å². The highest BCUT2D eigenvalue weighted by atomic mass is 32.1. The van der Waals surface area contributed by atoms with Gasteiger partial charge in [-0.3, -0.25) is 9.59 Å². The number of carbonyl (C=O) groups excluding carboxylic acids is 2. The van der Waals surface area contributed by atoms with E-state index in [2.05, 4.69) is 21.0 Å². The fourth-order valence-electron chi connectivity index (χ4n) is 2.36. The van der Waals surface area contributed by atoms with Crippen molar-refractivity contribution in [3.05, 3.63) is 57.6 Å². The van der Waals surface area contributed by atoms with Crippen LogP contribution in [0.5, 0.6) is 0 Å². The molecule has 0 fully saturated rings. The van der Waals surface area contributed by atoms with Crippen molar-refractivity contribution in [2.24, 2.45) is 0 Å². The molecule has 5 nitrogen and oxygen atoms in total. The van der Waals surface area contributed by atoms with Gasteiger partial charge in [0.15, 0.2) is 5.13 Å². The molecule has 0 atom stereocenters. The highest BCUT2D eigenvalue weighted by molar-refractivity contribution is 7.14. The molecule has 3 rings (SSSR count). The molecule has 2 amide bonds. The van der Waals surface area contributed by atoms with Gasteiger partial charge in [0.25, 0.3) is 0 Å². The van der Waals surface area contributed by atoms with Gasteiger partial charge in [0.1, 0.15) is 0 Å². The smallest absolute Gasteiger partial charge is 0.226 e. The number of anilines is 1. The Balaban J connectivity index is 1.55. The van der Waals surface area contributed by atoms with Crippen LogP contribution in [0.1, 0.15) is 24.5 Å². The molecule has 0 spiro atoms. The highest BCUT2D eigenvalue weighted by Gasteiger charge is 2.09. The average molecular weight is 386 g/mol. The number of nitrogens with zero attached hydrogens (tertiary/aromatic N) is 1. The summed E-state index contributed by atoms with van der Waals surface area (Å²) in [5.74, 6) is -0.0734. The first-order valence-electron chi connectivity index (χ1n) is 8.20. The van der Waals surface area contributed by atoms with E-state index in [1.54, 1.807) is 11.3 Å². The first-order chi connectivity index (χ1) is 12.6. The molecular weight excluding hydrogens is 366 g/mol. The van der Waals surface area contributed by atoms with Gasteiger partial charge < -0.3 is 10.6 Å². The van der Waals surface area contributed by atoms with Crippen molar-refractivity contribution in [2.75, 3.05) is 5.32 Å². The van der Waals surface area contributed by atoms with Crippen LogP contribution in [0.25, 0.3) is 11.3 Å². The molecule has 3 aromatic rings. The Morgan fingerprint density at radius 1 is 1.08 bits per heavy atom. The summed E-state index contributed by atoms with van der Waals surface area (Å²) in [6, 6.07) is 9.89. The van der Waals surface area contributed by atoms with Gasteiger partial charge in [-0.1, -0.05) is 24.3 Å². The summed E-state index contributed by atoms with van der Waals surface area (Å²) in [6.45, 7) is 2.01. The van der Waals surface area contributed by atoms with E-state index in [1.807, 2.05) is 41.1 Å². The molecule has 2 aromatic heterocycles. The Kier molecular flexibility index (Phi) is 6.14. The van der Waals surface area contributed by atoms with Crippen molar-refractivity contribution in [1.29, 1.82) is 0 Å². The molecule has 0 aliphatic rings. The van der Waals surface area contributed by atoms with Crippen molar-refractivity contribution in [3.8, 4) is 11.3 Å². The third-order valence-electron chi connectivity index (χ3n) is 3.76. The minimum atomic E-state index is -0.0482. The van der Waals surface area contributed by atoms with Crippen LogP contribution >= 0.6 is 22.7 Å². The normalized spacial score (nSPS) is 10.5. The fraction of sp³-hybridized carbons (Fsp3) is 0.211. The van der Waals surface area contributed by atoms with Crippen molar-refractivity contribution >= 4 is 39.6 Å². The Morgan fingerprint density at radius 3 is 2.58 bits per heavy atom. The lowest BCUT2D eigenvalue weighted by molar-refractivity contribution is -0.119. The number of benzene rings is 1. The summed E-state index contributed by atoms with van der Waals surface area (Å²) >= 11 is 3.06. The number of amides is 2. The van der Waals surface area contributed by atoms with Gasteiger partial charge in [-0.15, -0.1) is 11.3 Å². The quantitative estimate of drug-likeness (QED) is 0.644. The highest BCUT2D eigenvalue weighted by Crippen LogP contribution is 2.25. The summed E-state index contributed by atoms with van der Waals surface area (Å²) in [7, 11) is 0. The van der Waals surface area contributed by atoms with Gasteiger partial charge in [-0.05, 0) is 34.4 Å². The van der Waals surface area contributed by atoms with Crippen LogP contribution in [-0.2, 0) is 22.6 Å². The number of hydrogen-bond acceptors (Lipinski definition) is 5. The van der Waals surface area contributed by atoms with E-state index in [9.17, 15) is 9.59 Å². The van der Waals surface area contributed by atoms with Crippen LogP contribution in [0.2, 0.25) is 0 Å². The van der Waals surface area contributed by atoms with Gasteiger partial charge in [0.2, 0.25) is 11.8 Å². The van der Waals surface area contributed by atoms with E-state index >= 15 is 0 Å². The van der Waals surface area contributed by atoms with Gasteiger partial charge >= 0.3 is 0 Å². The van der Waals surface area contributed by atoms with Crippen LogP contribution in [0.3, 0.4) is 0 Å². The second kappa shape index (κ2) is 8.73. The number of rotatable bonds is 7. The van der Waals surface area contributed by atoms with Crippen LogP contribution in [-0.4, -0.2) is 16.8 Å². The van der Waals surface area contributed by atoms with E-state index in [4.69, 9.17) is 0 Å². The second-order valence-corrected chi connectivity index (χ2v) is 7.46. The molecular formula is C19H19N3O2S2. The second-order valence-electron chi connectivity index (χ2n) is 5.82. The van der Waals surface area contributed by atoms with E-state index in [0.717, 1.165) is 23.2 Å². The fourth-order valence-corrected chi connectivity index (χ4v) is 3.80. The number of nitrogens with one attached hydrogen (secondary N) is 2. The van der Waals surface area contributed by atoms with E-state index < -0.39 is 0 Å². The van der Waals surface area contributed by atoms with E-state index in [-0.39, 0.29) is 11.8 Å². The molecule has 0 radical (unpaired) electrons. The molecule has 0 saturated heterocycles. The molecule has 2 heterocycles. The summed E-state index contributed by atoms with van der Waals surface area (Å²) < 4.78 is 0. The largest absolute Gasteiger partial charge is 0.352 e.